The number of alkyl halides is 34. The van der Waals surface area contributed by atoms with Gasteiger partial charge in [0.05, 0.1) is 0 Å². The van der Waals surface area contributed by atoms with Crippen LogP contribution in [0.5, 0.6) is 0 Å². The summed E-state index contributed by atoms with van der Waals surface area (Å²) in [5.41, 5.74) is 0. The molecule has 0 saturated carbocycles. The van der Waals surface area contributed by atoms with E-state index in [0.29, 0.717) is 0 Å². The van der Waals surface area contributed by atoms with Crippen LogP contribution in [0.15, 0.2) is 0 Å². The van der Waals surface area contributed by atoms with Gasteiger partial charge in [-0.2, -0.15) is 149 Å². The molecule has 0 fully saturated rings. The molecule has 0 aromatic rings. The fourth-order valence-corrected chi connectivity index (χ4v) is 2.64. The lowest BCUT2D eigenvalue weighted by Crippen LogP contribution is -2.72. The average molecular weight is 942 g/mol. The third-order valence-electron chi connectivity index (χ3n) is 5.79. The first kappa shape index (κ1) is 53.7. The van der Waals surface area contributed by atoms with Crippen LogP contribution in [0.1, 0.15) is 0 Å². The summed E-state index contributed by atoms with van der Waals surface area (Å²) >= 11 is 0. The SMILES string of the molecule is O=C(OC(=O)C(F)(OC(F)(F)C(F)(F)C(F)(F)C(F)(F)C(F)(F)C(F)(F)F)C(F)(F)F)C(F)(OC(F)(F)C(F)(F)C(F)(F)C(F)(F)C(F)(F)C(F)(F)F)C(F)(F)F. The first-order valence-corrected chi connectivity index (χ1v) is 11.6. The van der Waals surface area contributed by atoms with Gasteiger partial charge in [0, 0.05) is 0 Å². The maximum Gasteiger partial charge on any atom is 0.460 e. The number of ether oxygens (including phenoxy) is 3. The molecule has 0 bridgehead atoms. The second-order valence-electron chi connectivity index (χ2n) is 9.69. The Balaban J connectivity index is 7.38. The minimum Gasteiger partial charge on any atom is -0.384 e. The molecule has 0 spiro atoms. The molecule has 57 heavy (non-hydrogen) atoms. The van der Waals surface area contributed by atoms with Crippen molar-refractivity contribution in [2.24, 2.45) is 0 Å². The van der Waals surface area contributed by atoms with Gasteiger partial charge in [0.15, 0.2) is 0 Å². The number of carbonyl (C=O) groups excluding carboxylic acids is 2. The fourth-order valence-electron chi connectivity index (χ4n) is 2.64. The highest BCUT2D eigenvalue weighted by atomic mass is 19.5. The predicted molar refractivity (Wildman–Crippen MR) is 94.6 cm³/mol. The Labute approximate surface area is 282 Å². The van der Waals surface area contributed by atoms with E-state index in [1.54, 1.807) is 4.74 Å². The molecule has 0 rings (SSSR count). The zero-order valence-corrected chi connectivity index (χ0v) is 23.9. The lowest BCUT2D eigenvalue weighted by atomic mass is 9.97. The molecule has 2 unspecified atom stereocenters. The highest BCUT2D eigenvalue weighted by Crippen LogP contribution is 2.63. The van der Waals surface area contributed by atoms with Crippen LogP contribution in [-0.2, 0) is 23.8 Å². The van der Waals surface area contributed by atoms with Gasteiger partial charge in [-0.15, -0.1) is 0 Å². The molecule has 0 radical (unpaired) electrons. The average Bonchev–Trinajstić information content (AvgIpc) is 2.93. The summed E-state index contributed by atoms with van der Waals surface area (Å²) in [6.07, 6.45) is -51.6. The first-order valence-electron chi connectivity index (χ1n) is 11.6. The fraction of sp³-hybridized carbons (Fsp3) is 0.889. The highest BCUT2D eigenvalue weighted by molar-refractivity contribution is 5.93. The van der Waals surface area contributed by atoms with Gasteiger partial charge in [0.2, 0.25) is 0 Å². The Bertz CT molecular complexity index is 1390. The van der Waals surface area contributed by atoms with E-state index in [0.717, 1.165) is 9.47 Å². The third-order valence-corrected chi connectivity index (χ3v) is 5.79. The number of carbonyl (C=O) groups is 2. The van der Waals surface area contributed by atoms with Gasteiger partial charge in [-0.3, -0.25) is 9.47 Å². The molecule has 0 aliphatic heterocycles. The van der Waals surface area contributed by atoms with E-state index < -0.39 is 108 Å². The van der Waals surface area contributed by atoms with Crippen molar-refractivity contribution in [3.8, 4) is 0 Å². The molecule has 0 aromatic carbocycles. The molecule has 0 heterocycles. The zero-order valence-electron chi connectivity index (χ0n) is 23.9. The van der Waals surface area contributed by atoms with Gasteiger partial charge in [-0.1, -0.05) is 0 Å². The van der Waals surface area contributed by atoms with Crippen LogP contribution in [-0.4, -0.2) is 108 Å². The Kier molecular flexibility index (Phi) is 12.8. The van der Waals surface area contributed by atoms with Gasteiger partial charge >= 0.3 is 108 Å². The summed E-state index contributed by atoms with van der Waals surface area (Å²) in [5, 5.41) is 0. The van der Waals surface area contributed by atoms with Crippen molar-refractivity contribution in [2.75, 3.05) is 0 Å². The van der Waals surface area contributed by atoms with Crippen LogP contribution in [0.2, 0.25) is 0 Å². The quantitative estimate of drug-likeness (QED) is 0.0987. The van der Waals surface area contributed by atoms with Crippen molar-refractivity contribution >= 4 is 11.9 Å². The van der Waals surface area contributed by atoms with Crippen molar-refractivity contribution < 1.29 is 173 Å². The molecule has 0 amide bonds. The molecule has 0 aliphatic carbocycles. The maximum atomic E-state index is 14.3. The molecule has 2 atom stereocenters. The Morgan fingerprint density at radius 3 is 0.579 bits per heavy atom. The van der Waals surface area contributed by atoms with Gasteiger partial charge in [0.25, 0.3) is 0 Å². The van der Waals surface area contributed by atoms with E-state index >= 15 is 0 Å². The Hall–Kier alpha value is -3.32. The van der Waals surface area contributed by atoms with E-state index in [-0.39, 0.29) is 0 Å². The number of esters is 2. The number of hydrogen-bond donors (Lipinski definition) is 0. The zero-order chi connectivity index (χ0) is 47.3. The molecule has 0 N–H and O–H groups in total. The van der Waals surface area contributed by atoms with Crippen LogP contribution in [0, 0.1) is 0 Å². The second-order valence-corrected chi connectivity index (χ2v) is 9.69. The van der Waals surface area contributed by atoms with E-state index in [9.17, 15) is 159 Å². The predicted octanol–water partition coefficient (Wildman–Crippen LogP) is 9.94. The van der Waals surface area contributed by atoms with Gasteiger partial charge < -0.3 is 4.74 Å². The van der Waals surface area contributed by atoms with Crippen molar-refractivity contribution in [3.05, 3.63) is 0 Å². The van der Waals surface area contributed by atoms with Crippen LogP contribution >= 0.6 is 0 Å². The number of halogens is 34. The van der Waals surface area contributed by atoms with Crippen LogP contribution < -0.4 is 0 Å². The standard InChI is InChI=1S/C18F34O5/c19-3(13(37,38)39,56-17(49,50)11(33,34)7(25,26)5(21,22)9(29,30)15(43,44)45)1(53)55-2(54)4(20,14(40,41)42)57-18(51,52)12(35,36)8(27,28)6(23,24)10(31,32)16(46,47)48. The molecule has 39 heteroatoms. The van der Waals surface area contributed by atoms with Crippen molar-refractivity contribution in [2.45, 2.75) is 96.0 Å². The van der Waals surface area contributed by atoms with E-state index in [2.05, 4.69) is 0 Å². The van der Waals surface area contributed by atoms with Crippen LogP contribution in [0.25, 0.3) is 0 Å². The minimum atomic E-state index is -9.30. The summed E-state index contributed by atoms with van der Waals surface area (Å²) in [6.45, 7) is 0. The van der Waals surface area contributed by atoms with Crippen molar-refractivity contribution in [1.82, 2.24) is 0 Å². The molecule has 0 aromatic heterocycles. The van der Waals surface area contributed by atoms with Crippen LogP contribution in [0.3, 0.4) is 0 Å². The van der Waals surface area contributed by atoms with E-state index in [4.69, 9.17) is 0 Å². The van der Waals surface area contributed by atoms with E-state index in [1.807, 2.05) is 0 Å². The summed E-state index contributed by atoms with van der Waals surface area (Å²) in [5.74, 6) is -101. The first-order chi connectivity index (χ1) is 24.0. The molecule has 340 valence electrons. The normalized spacial score (nSPS) is 18.2. The Morgan fingerprint density at radius 2 is 0.421 bits per heavy atom. The molecular weight excluding hydrogens is 942 g/mol. The lowest BCUT2D eigenvalue weighted by Gasteiger charge is -2.41. The highest BCUT2D eigenvalue weighted by Gasteiger charge is 2.94. The van der Waals surface area contributed by atoms with Gasteiger partial charge in [0.1, 0.15) is 0 Å². The summed E-state index contributed by atoms with van der Waals surface area (Å²) in [7, 11) is 0. The lowest BCUT2D eigenvalue weighted by molar-refractivity contribution is -0.494. The molecule has 0 aliphatic rings. The van der Waals surface area contributed by atoms with Crippen molar-refractivity contribution in [1.29, 1.82) is 0 Å². The summed E-state index contributed by atoms with van der Waals surface area (Å²) < 4.78 is 450. The van der Waals surface area contributed by atoms with Crippen LogP contribution in [0.4, 0.5) is 149 Å². The molecule has 0 saturated heterocycles. The minimum absolute atomic E-state index is 0.993. The number of hydrogen-bond acceptors (Lipinski definition) is 5. The largest absolute Gasteiger partial charge is 0.460 e. The maximum absolute atomic E-state index is 14.3. The number of rotatable bonds is 14. The Morgan fingerprint density at radius 1 is 0.246 bits per heavy atom. The topological polar surface area (TPSA) is 61.8 Å². The molecule has 5 nitrogen and oxygen atoms in total. The van der Waals surface area contributed by atoms with Gasteiger partial charge in [-0.05, 0) is 0 Å². The third kappa shape index (κ3) is 7.69. The van der Waals surface area contributed by atoms with Gasteiger partial charge in [-0.25, -0.2) is 9.59 Å². The summed E-state index contributed by atoms with van der Waals surface area (Å²) in [4.78, 5) is 22.6. The monoisotopic (exact) mass is 942 g/mol. The van der Waals surface area contributed by atoms with Crippen molar-refractivity contribution in [3.63, 3.8) is 0 Å². The molecular formula is C18F34O5. The summed E-state index contributed by atoms with van der Waals surface area (Å²) in [6, 6.07) is 0. The smallest absolute Gasteiger partial charge is 0.384 e. The second kappa shape index (κ2) is 13.6. The van der Waals surface area contributed by atoms with E-state index in [1.165, 1.54) is 0 Å².